The lowest BCUT2D eigenvalue weighted by Gasteiger charge is -2.60. The molecule has 0 aromatic heterocycles. The second-order valence-corrected chi connectivity index (χ2v) is 11.8. The van der Waals surface area contributed by atoms with Crippen LogP contribution in [0.4, 0.5) is 4.39 Å². The van der Waals surface area contributed by atoms with Crippen LogP contribution in [-0.2, 0) is 20.1 Å². The smallest absolute Gasteiger partial charge is 0.192 e. The van der Waals surface area contributed by atoms with Crippen LogP contribution in [0, 0.1) is 40.3 Å². The first kappa shape index (κ1) is 20.8. The molecule has 0 unspecified atom stereocenters. The van der Waals surface area contributed by atoms with E-state index in [4.69, 9.17) is 4.18 Å². The van der Waals surface area contributed by atoms with E-state index < -0.39 is 16.9 Å². The molecular weight excluding hydrogens is 399 g/mol. The average Bonchev–Trinajstić information content (AvgIpc) is 3.03. The summed E-state index contributed by atoms with van der Waals surface area (Å²) < 4.78 is 32.5. The predicted octanol–water partition coefficient (Wildman–Crippen LogP) is 5.85. The highest BCUT2D eigenvalue weighted by atomic mass is 32.2. The van der Waals surface area contributed by atoms with Crippen LogP contribution in [0.15, 0.2) is 29.2 Å². The first-order chi connectivity index (χ1) is 14.3. The molecule has 5 heteroatoms. The van der Waals surface area contributed by atoms with Crippen LogP contribution in [0.5, 0.6) is 0 Å². The summed E-state index contributed by atoms with van der Waals surface area (Å²) >= 11 is -1.75. The van der Waals surface area contributed by atoms with Gasteiger partial charge >= 0.3 is 0 Å². The summed E-state index contributed by atoms with van der Waals surface area (Å²) in [6.45, 7) is 4.71. The van der Waals surface area contributed by atoms with Gasteiger partial charge in [-0.1, -0.05) is 26.0 Å². The van der Waals surface area contributed by atoms with Gasteiger partial charge in [-0.3, -0.25) is 8.98 Å². The second-order valence-electron chi connectivity index (χ2n) is 10.7. The zero-order valence-corrected chi connectivity index (χ0v) is 18.9. The van der Waals surface area contributed by atoms with Gasteiger partial charge in [0.2, 0.25) is 0 Å². The Bertz CT molecular complexity index is 872. The average molecular weight is 433 g/mol. The van der Waals surface area contributed by atoms with Gasteiger partial charge in [0.15, 0.2) is 11.1 Å². The number of rotatable bonds is 3. The van der Waals surface area contributed by atoms with Crippen LogP contribution in [0.1, 0.15) is 71.6 Å². The minimum absolute atomic E-state index is 0.0676. The lowest BCUT2D eigenvalue weighted by molar-refractivity contribution is -0.141. The Hall–Kier alpha value is -1.07. The molecule has 4 aliphatic carbocycles. The van der Waals surface area contributed by atoms with Crippen molar-refractivity contribution in [2.24, 2.45) is 34.5 Å². The Kier molecular flexibility index (Phi) is 5.21. The van der Waals surface area contributed by atoms with Crippen molar-refractivity contribution in [2.75, 3.05) is 0 Å². The third-order valence-corrected chi connectivity index (χ3v) is 10.7. The highest BCUT2D eigenvalue weighted by molar-refractivity contribution is 7.80. The van der Waals surface area contributed by atoms with Crippen LogP contribution in [0.25, 0.3) is 0 Å². The van der Waals surface area contributed by atoms with E-state index in [1.54, 1.807) is 18.2 Å². The highest BCUT2D eigenvalue weighted by Gasteiger charge is 2.60. The van der Waals surface area contributed by atoms with Gasteiger partial charge in [-0.25, -0.2) is 8.60 Å². The summed E-state index contributed by atoms with van der Waals surface area (Å²) in [6, 6.07) is 6.18. The van der Waals surface area contributed by atoms with E-state index >= 15 is 0 Å². The van der Waals surface area contributed by atoms with Crippen LogP contribution in [-0.4, -0.2) is 16.1 Å². The van der Waals surface area contributed by atoms with Crippen LogP contribution in [0.2, 0.25) is 0 Å². The van der Waals surface area contributed by atoms with E-state index in [0.717, 1.165) is 38.5 Å². The summed E-state index contributed by atoms with van der Waals surface area (Å²) in [6.07, 6.45) is 9.29. The molecule has 0 heterocycles. The Morgan fingerprint density at radius 3 is 2.63 bits per heavy atom. The number of ketones is 1. The van der Waals surface area contributed by atoms with Crippen molar-refractivity contribution in [3.05, 3.63) is 30.1 Å². The van der Waals surface area contributed by atoms with Gasteiger partial charge in [0.1, 0.15) is 16.5 Å². The van der Waals surface area contributed by atoms with Gasteiger partial charge in [0, 0.05) is 11.8 Å². The number of fused-ring (bicyclic) bond motifs is 5. The second kappa shape index (κ2) is 7.51. The van der Waals surface area contributed by atoms with Gasteiger partial charge in [-0.05, 0) is 92.6 Å². The minimum Gasteiger partial charge on any atom is -0.299 e. The monoisotopic (exact) mass is 432 g/mol. The molecule has 0 N–H and O–H groups in total. The molecule has 4 saturated carbocycles. The quantitative estimate of drug-likeness (QED) is 0.602. The number of hydrogen-bond donors (Lipinski definition) is 0. The molecular formula is C25H33FO3S. The zero-order valence-electron chi connectivity index (χ0n) is 18.1. The summed E-state index contributed by atoms with van der Waals surface area (Å²) in [7, 11) is 0. The van der Waals surface area contributed by atoms with Crippen LogP contribution < -0.4 is 0 Å². The maximum Gasteiger partial charge on any atom is 0.192 e. The van der Waals surface area contributed by atoms with Crippen LogP contribution >= 0.6 is 0 Å². The molecule has 30 heavy (non-hydrogen) atoms. The summed E-state index contributed by atoms with van der Waals surface area (Å²) in [5.41, 5.74) is 0.219. The molecule has 4 aliphatic rings. The number of Topliss-reactive ketones (excluding diaryl/α,β-unsaturated/α-hetero) is 1. The van der Waals surface area contributed by atoms with E-state index in [9.17, 15) is 13.4 Å². The largest absolute Gasteiger partial charge is 0.299 e. The molecule has 8 atom stereocenters. The SMILES string of the molecule is C[C@]12CC[C@H](O[S@@](=O)c3ccccc3F)C[C@@H]1CC[C@@H]1[C@@H]2CC[C@]2(C)C(=O)CC[C@@H]12. The Morgan fingerprint density at radius 2 is 1.83 bits per heavy atom. The van der Waals surface area contributed by atoms with Crippen molar-refractivity contribution in [3.63, 3.8) is 0 Å². The van der Waals surface area contributed by atoms with E-state index in [2.05, 4.69) is 13.8 Å². The van der Waals surface area contributed by atoms with Crippen molar-refractivity contribution in [2.45, 2.75) is 82.6 Å². The maximum atomic E-state index is 14.0. The first-order valence-electron chi connectivity index (χ1n) is 11.7. The summed E-state index contributed by atoms with van der Waals surface area (Å²) in [4.78, 5) is 12.7. The number of carbonyl (C=O) groups is 1. The lowest BCUT2D eigenvalue weighted by Crippen LogP contribution is -2.54. The maximum absolute atomic E-state index is 14.0. The topological polar surface area (TPSA) is 43.4 Å². The first-order valence-corrected chi connectivity index (χ1v) is 12.8. The van der Waals surface area contributed by atoms with Crippen molar-refractivity contribution >= 4 is 16.9 Å². The Balaban J connectivity index is 1.29. The molecule has 1 aromatic rings. The van der Waals surface area contributed by atoms with E-state index in [1.165, 1.54) is 25.3 Å². The standard InChI is InChI=1S/C25H33FO3S/c1-24-13-11-17(29-30(28)22-6-4-3-5-21(22)26)15-16(24)7-8-18-19-9-10-23(27)25(19,2)14-12-20(18)24/h3-6,16-20H,7-15H2,1-2H3/t16-,17-,18-,19-,20-,24-,25-,30+/m0/s1. The van der Waals surface area contributed by atoms with Gasteiger partial charge in [0.25, 0.3) is 0 Å². The predicted molar refractivity (Wildman–Crippen MR) is 114 cm³/mol. The number of benzene rings is 1. The number of carbonyl (C=O) groups excluding carboxylic acids is 1. The molecule has 5 rings (SSSR count). The zero-order chi connectivity index (χ0) is 21.1. The van der Waals surface area contributed by atoms with Gasteiger partial charge in [0.05, 0.1) is 6.10 Å². The Labute approximate surface area is 181 Å². The Morgan fingerprint density at radius 1 is 1.03 bits per heavy atom. The minimum atomic E-state index is -1.75. The molecule has 0 amide bonds. The molecule has 164 valence electrons. The molecule has 0 spiro atoms. The molecule has 1 aromatic carbocycles. The van der Waals surface area contributed by atoms with Gasteiger partial charge < -0.3 is 0 Å². The fourth-order valence-electron chi connectivity index (χ4n) is 7.83. The highest BCUT2D eigenvalue weighted by Crippen LogP contribution is 2.65. The lowest BCUT2D eigenvalue weighted by atomic mass is 9.45. The molecule has 3 nitrogen and oxygen atoms in total. The van der Waals surface area contributed by atoms with E-state index in [-0.39, 0.29) is 21.8 Å². The van der Waals surface area contributed by atoms with Gasteiger partial charge in [-0.2, -0.15) is 0 Å². The molecule has 0 aliphatic heterocycles. The van der Waals surface area contributed by atoms with Gasteiger partial charge in [-0.15, -0.1) is 0 Å². The van der Waals surface area contributed by atoms with E-state index in [0.29, 0.717) is 29.5 Å². The van der Waals surface area contributed by atoms with Crippen molar-refractivity contribution < 1.29 is 17.6 Å². The molecule has 0 bridgehead atoms. The number of hydrogen-bond acceptors (Lipinski definition) is 3. The summed E-state index contributed by atoms with van der Waals surface area (Å²) in [5, 5.41) is 0. The van der Waals surface area contributed by atoms with E-state index in [1.807, 2.05) is 0 Å². The summed E-state index contributed by atoms with van der Waals surface area (Å²) in [5.74, 6) is 2.56. The fourth-order valence-corrected chi connectivity index (χ4v) is 8.78. The fraction of sp³-hybridized carbons (Fsp3) is 0.720. The normalized spacial score (nSPS) is 44.1. The van der Waals surface area contributed by atoms with Crippen molar-refractivity contribution in [1.29, 1.82) is 0 Å². The molecule has 4 fully saturated rings. The van der Waals surface area contributed by atoms with Crippen molar-refractivity contribution in [3.8, 4) is 0 Å². The van der Waals surface area contributed by atoms with Crippen LogP contribution in [0.3, 0.4) is 0 Å². The third-order valence-electron chi connectivity index (χ3n) is 9.57. The molecule has 0 radical (unpaired) electrons. The third kappa shape index (κ3) is 3.14. The van der Waals surface area contributed by atoms with Crippen molar-refractivity contribution in [1.82, 2.24) is 0 Å². The molecule has 0 saturated heterocycles. The number of halogens is 1.